The highest BCUT2D eigenvalue weighted by molar-refractivity contribution is 5.19. The first kappa shape index (κ1) is 4.37. The molecule has 0 atom stereocenters. The summed E-state index contributed by atoms with van der Waals surface area (Å²) in [5.41, 5.74) is 0. The van der Waals surface area contributed by atoms with Crippen LogP contribution < -0.4 is 0 Å². The van der Waals surface area contributed by atoms with Crippen molar-refractivity contribution < 1.29 is 0 Å². The van der Waals surface area contributed by atoms with Crippen molar-refractivity contribution in [3.63, 3.8) is 0 Å². The lowest BCUT2D eigenvalue weighted by Gasteiger charge is -1.81. The van der Waals surface area contributed by atoms with Gasteiger partial charge in [-0.05, 0) is 16.5 Å². The normalized spacial score (nSPS) is 10.2. The molecule has 0 aliphatic rings. The fourth-order valence-corrected chi connectivity index (χ4v) is 0.600. The van der Waals surface area contributed by atoms with Gasteiger partial charge in [0.25, 0.3) is 5.78 Å². The second-order valence-electron chi connectivity index (χ2n) is 1.54. The van der Waals surface area contributed by atoms with Gasteiger partial charge in [0.2, 0.25) is 0 Å². The van der Waals surface area contributed by atoms with E-state index in [-0.39, 0.29) is 0 Å². The molecule has 0 aliphatic heterocycles. The Kier molecular flexibility index (Phi) is 0.717. The predicted molar refractivity (Wildman–Crippen MR) is 28.6 cm³/mol. The van der Waals surface area contributed by atoms with Crippen molar-refractivity contribution in [2.45, 2.75) is 0 Å². The van der Waals surface area contributed by atoms with Crippen LogP contribution in [-0.4, -0.2) is 25.0 Å². The van der Waals surface area contributed by atoms with E-state index >= 15 is 0 Å². The van der Waals surface area contributed by atoms with Gasteiger partial charge >= 0.3 is 0 Å². The Bertz CT molecular complexity index is 283. The van der Waals surface area contributed by atoms with Gasteiger partial charge in [0.15, 0.2) is 0 Å². The zero-order valence-corrected chi connectivity index (χ0v) is 4.47. The summed E-state index contributed by atoms with van der Waals surface area (Å²) in [5, 5.41) is 10.6. The highest BCUT2D eigenvalue weighted by Gasteiger charge is 1.90. The van der Waals surface area contributed by atoms with Crippen LogP contribution >= 0.6 is 0 Å². The monoisotopic (exact) mass is 122 g/mol. The molecule has 0 bridgehead atoms. The number of tetrazole rings is 1. The molecule has 9 heavy (non-hydrogen) atoms. The van der Waals surface area contributed by atoms with Crippen molar-refractivity contribution >= 4 is 5.78 Å². The standard InChI is InChI=1S/C4H3N5/c1-2-5-4-6-7-8-9(4)3-1/h1-3H/i7+1. The number of fused-ring (bicyclic) bond motifs is 1. The fourth-order valence-electron chi connectivity index (χ4n) is 0.600. The van der Waals surface area contributed by atoms with E-state index in [1.165, 1.54) is 4.52 Å². The Morgan fingerprint density at radius 2 is 2.44 bits per heavy atom. The summed E-state index contributed by atoms with van der Waals surface area (Å²) in [6.07, 6.45) is 3.38. The van der Waals surface area contributed by atoms with Crippen molar-refractivity contribution in [2.75, 3.05) is 0 Å². The molecule has 2 aromatic rings. The van der Waals surface area contributed by atoms with Crippen molar-refractivity contribution in [1.29, 1.82) is 0 Å². The Morgan fingerprint density at radius 3 is 3.33 bits per heavy atom. The third kappa shape index (κ3) is 0.543. The third-order valence-corrected chi connectivity index (χ3v) is 0.979. The van der Waals surface area contributed by atoms with E-state index in [4.69, 9.17) is 0 Å². The van der Waals surface area contributed by atoms with Gasteiger partial charge in [-0.3, -0.25) is 0 Å². The molecule has 0 unspecified atom stereocenters. The molecule has 0 aromatic carbocycles. The second kappa shape index (κ2) is 1.48. The summed E-state index contributed by atoms with van der Waals surface area (Å²) in [6, 6.07) is 1.77. The first-order chi connectivity index (χ1) is 4.47. The van der Waals surface area contributed by atoms with Crippen LogP contribution in [0, 0.1) is 0 Å². The molecule has 0 saturated heterocycles. The molecule has 44 valence electrons. The maximum Gasteiger partial charge on any atom is 0.273 e. The summed E-state index contributed by atoms with van der Waals surface area (Å²) >= 11 is 0. The van der Waals surface area contributed by atoms with Gasteiger partial charge in [-0.1, -0.05) is 5.10 Å². The Labute approximate surface area is 50.3 Å². The van der Waals surface area contributed by atoms with Gasteiger partial charge in [0.1, 0.15) is 0 Å². The Morgan fingerprint density at radius 1 is 1.44 bits per heavy atom. The van der Waals surface area contributed by atoms with Gasteiger partial charge in [-0.15, -0.1) is 0 Å². The minimum atomic E-state index is 0.525. The number of rotatable bonds is 0. The molecule has 0 fully saturated rings. The average Bonchev–Trinajstić information content (AvgIpc) is 2.33. The van der Waals surface area contributed by atoms with E-state index in [0.29, 0.717) is 5.78 Å². The van der Waals surface area contributed by atoms with Gasteiger partial charge in [0.05, 0.1) is 0 Å². The molecule has 0 saturated carbocycles. The van der Waals surface area contributed by atoms with Crippen LogP contribution in [0.1, 0.15) is 0 Å². The van der Waals surface area contributed by atoms with E-state index < -0.39 is 0 Å². The molecule has 0 radical (unpaired) electrons. The molecular weight excluding hydrogens is 119 g/mol. The molecule has 2 rings (SSSR count). The third-order valence-electron chi connectivity index (χ3n) is 0.979. The maximum absolute atomic E-state index is 3.87. The summed E-state index contributed by atoms with van der Waals surface area (Å²) in [7, 11) is 0. The second-order valence-corrected chi connectivity index (χ2v) is 1.54. The van der Waals surface area contributed by atoms with E-state index in [2.05, 4.69) is 20.5 Å². The fraction of sp³-hybridized carbons (Fsp3) is 0. The Hall–Kier alpha value is -1.52. The largest absolute Gasteiger partial charge is 0.273 e. The number of hydrogen-bond acceptors (Lipinski definition) is 4. The molecule has 0 spiro atoms. The van der Waals surface area contributed by atoms with E-state index in [1.54, 1.807) is 18.5 Å². The molecule has 0 N–H and O–H groups in total. The predicted octanol–water partition coefficient (Wildman–Crippen LogP) is -0.481. The highest BCUT2D eigenvalue weighted by Crippen LogP contribution is 1.85. The highest BCUT2D eigenvalue weighted by atomic mass is 15.9. The molecule has 5 heteroatoms. The lowest BCUT2D eigenvalue weighted by atomic mass is 10.7. The topological polar surface area (TPSA) is 56.0 Å². The first-order valence-corrected chi connectivity index (χ1v) is 2.45. The van der Waals surface area contributed by atoms with Crippen LogP contribution in [-0.2, 0) is 0 Å². The molecular formula is C4H3N5. The maximum atomic E-state index is 3.87. The Balaban J connectivity index is 2.95. The van der Waals surface area contributed by atoms with Crippen LogP contribution in [0.3, 0.4) is 0 Å². The smallest absolute Gasteiger partial charge is 0.218 e. The SMILES string of the molecule is c1cnc2n[15n]nn2c1. The van der Waals surface area contributed by atoms with Crippen molar-refractivity contribution in [1.82, 2.24) is 25.0 Å². The van der Waals surface area contributed by atoms with Crippen LogP contribution in [0.2, 0.25) is 0 Å². The lowest BCUT2D eigenvalue weighted by molar-refractivity contribution is 0.821. The molecule has 5 nitrogen and oxygen atoms in total. The number of hydrogen-bond donors (Lipinski definition) is 0. The molecule has 2 heterocycles. The number of aromatic nitrogens is 5. The van der Waals surface area contributed by atoms with E-state index in [0.717, 1.165) is 0 Å². The van der Waals surface area contributed by atoms with Crippen LogP contribution in [0.15, 0.2) is 18.5 Å². The van der Waals surface area contributed by atoms with Crippen LogP contribution in [0.25, 0.3) is 5.78 Å². The van der Waals surface area contributed by atoms with E-state index in [9.17, 15) is 0 Å². The van der Waals surface area contributed by atoms with Crippen molar-refractivity contribution in [2.24, 2.45) is 0 Å². The molecule has 0 amide bonds. The average molecular weight is 122 g/mol. The zero-order chi connectivity index (χ0) is 6.10. The summed E-state index contributed by atoms with van der Waals surface area (Å²) in [4.78, 5) is 3.87. The van der Waals surface area contributed by atoms with Gasteiger partial charge in [0, 0.05) is 12.4 Å². The van der Waals surface area contributed by atoms with Crippen molar-refractivity contribution in [3.05, 3.63) is 18.5 Å². The first-order valence-electron chi connectivity index (χ1n) is 2.45. The molecule has 2 aromatic heterocycles. The van der Waals surface area contributed by atoms with Crippen LogP contribution in [0.4, 0.5) is 0 Å². The number of nitrogens with zero attached hydrogens (tertiary/aromatic N) is 5. The molecule has 0 aliphatic carbocycles. The van der Waals surface area contributed by atoms with Gasteiger partial charge in [-0.25, -0.2) is 4.98 Å². The quantitative estimate of drug-likeness (QED) is 0.473. The van der Waals surface area contributed by atoms with Crippen molar-refractivity contribution in [3.8, 4) is 0 Å². The summed E-state index contributed by atoms with van der Waals surface area (Å²) < 4.78 is 1.50. The minimum absolute atomic E-state index is 0.525. The summed E-state index contributed by atoms with van der Waals surface area (Å²) in [5.74, 6) is 0.525. The van der Waals surface area contributed by atoms with Gasteiger partial charge in [-0.2, -0.15) is 4.52 Å². The van der Waals surface area contributed by atoms with E-state index in [1.807, 2.05) is 0 Å². The zero-order valence-electron chi connectivity index (χ0n) is 4.47. The lowest BCUT2D eigenvalue weighted by Crippen LogP contribution is -1.86. The van der Waals surface area contributed by atoms with Gasteiger partial charge < -0.3 is 0 Å². The minimum Gasteiger partial charge on any atom is -0.218 e. The summed E-state index contributed by atoms with van der Waals surface area (Å²) in [6.45, 7) is 0. The van der Waals surface area contributed by atoms with Crippen LogP contribution in [0.5, 0.6) is 0 Å².